The van der Waals surface area contributed by atoms with E-state index in [-0.39, 0.29) is 49.5 Å². The zero-order valence-electron chi connectivity index (χ0n) is 43.7. The maximum Gasteiger partial charge on any atom is 0.268 e. The van der Waals surface area contributed by atoms with Gasteiger partial charge in [-0.05, 0) is 85.4 Å². The van der Waals surface area contributed by atoms with E-state index in [1.54, 1.807) is 18.3 Å². The largest absolute Gasteiger partial charge is 0.510 e. The molecule has 10 aromatic rings. The van der Waals surface area contributed by atoms with E-state index in [4.69, 9.17) is 11.6 Å². The molecule has 320 valence electrons. The number of aryl methyl sites for hydroxylation is 1. The number of imidazole rings is 1. The summed E-state index contributed by atoms with van der Waals surface area (Å²) in [5, 5.41) is 1.94. The SMILES string of the molecule is [2H]c1c([2H])c([2H])c(-c2cccc(-c3cc(C(C)(C)C)cc(C(C)(C)C)c3)c2-[n+]2[c-]n(-c3[c-]c(Oc4[c-]c5c(cc4)c4ccccc4n5-c4cc(C([2H])([2H])C)ccn4)ccc3)c3ccccc32)c([2H])c1[2H].[Pt]. The Balaban J connectivity index is 0.00000624. The number of benzene rings is 7. The fourth-order valence-corrected chi connectivity index (χ4v) is 8.27. The molecule has 3 heterocycles. The molecular formula is C58H50N4OPt-2. The maximum atomic E-state index is 9.18. The summed E-state index contributed by atoms with van der Waals surface area (Å²) in [6, 6.07) is 46.3. The Kier molecular flexibility index (Phi) is 9.19. The van der Waals surface area contributed by atoms with Crippen molar-refractivity contribution in [2.75, 3.05) is 0 Å². The van der Waals surface area contributed by atoms with Gasteiger partial charge in [-0.1, -0.05) is 163 Å². The van der Waals surface area contributed by atoms with E-state index in [0.29, 0.717) is 39.8 Å². The van der Waals surface area contributed by atoms with Crippen LogP contribution in [0.2, 0.25) is 0 Å². The Bertz CT molecular complexity index is 3670. The summed E-state index contributed by atoms with van der Waals surface area (Å²) in [7, 11) is 0. The number of nitrogens with zero attached hydrogens (tertiary/aromatic N) is 4. The summed E-state index contributed by atoms with van der Waals surface area (Å²) in [5.41, 5.74) is 9.03. The third-order valence-electron chi connectivity index (χ3n) is 11.6. The van der Waals surface area contributed by atoms with E-state index in [1.165, 1.54) is 6.92 Å². The first-order valence-electron chi connectivity index (χ1n) is 24.6. The second-order valence-corrected chi connectivity index (χ2v) is 17.9. The van der Waals surface area contributed by atoms with Crippen molar-refractivity contribution in [2.45, 2.75) is 65.7 Å². The normalized spacial score (nSPS) is 13.7. The van der Waals surface area contributed by atoms with Gasteiger partial charge in [0.1, 0.15) is 5.82 Å². The average molecular weight is 1020 g/mol. The topological polar surface area (TPSA) is 35.9 Å². The molecule has 0 aliphatic heterocycles. The van der Waals surface area contributed by atoms with Gasteiger partial charge in [-0.15, -0.1) is 29.7 Å². The van der Waals surface area contributed by atoms with Crippen LogP contribution in [0.1, 0.15) is 74.8 Å². The van der Waals surface area contributed by atoms with E-state index in [0.717, 1.165) is 55.1 Å². The van der Waals surface area contributed by atoms with Crippen molar-refractivity contribution in [3.63, 3.8) is 0 Å². The molecule has 0 saturated carbocycles. The summed E-state index contributed by atoms with van der Waals surface area (Å²) >= 11 is 0. The van der Waals surface area contributed by atoms with E-state index in [2.05, 4.69) is 83.2 Å². The molecule has 7 aromatic carbocycles. The maximum absolute atomic E-state index is 9.18. The summed E-state index contributed by atoms with van der Waals surface area (Å²) in [5.74, 6) is 1.42. The van der Waals surface area contributed by atoms with Crippen LogP contribution in [0.5, 0.6) is 11.5 Å². The summed E-state index contributed by atoms with van der Waals surface area (Å²) in [4.78, 5) is 4.67. The van der Waals surface area contributed by atoms with Crippen LogP contribution in [-0.2, 0) is 38.3 Å². The number of fused-ring (bicyclic) bond motifs is 4. The Labute approximate surface area is 400 Å². The fourth-order valence-electron chi connectivity index (χ4n) is 8.27. The van der Waals surface area contributed by atoms with Crippen molar-refractivity contribution in [2.24, 2.45) is 0 Å². The molecule has 0 fully saturated rings. The molecule has 6 heteroatoms. The number of ether oxygens (including phenoxy) is 1. The molecule has 0 atom stereocenters. The van der Waals surface area contributed by atoms with Crippen LogP contribution < -0.4 is 9.30 Å². The van der Waals surface area contributed by atoms with Crippen LogP contribution in [0.4, 0.5) is 0 Å². The summed E-state index contributed by atoms with van der Waals surface area (Å²) < 4.78 is 73.4. The van der Waals surface area contributed by atoms with Gasteiger partial charge < -0.3 is 13.9 Å². The summed E-state index contributed by atoms with van der Waals surface area (Å²) in [6.45, 7) is 14.7. The van der Waals surface area contributed by atoms with Crippen molar-refractivity contribution in [3.8, 4) is 50.9 Å². The smallest absolute Gasteiger partial charge is 0.268 e. The Hall–Kier alpha value is -6.55. The second kappa shape index (κ2) is 16.9. The van der Waals surface area contributed by atoms with Gasteiger partial charge in [-0.3, -0.25) is 4.57 Å². The third kappa shape index (κ3) is 7.88. The molecule has 0 unspecified atom stereocenters. The first kappa shape index (κ1) is 34.9. The molecule has 0 N–H and O–H groups in total. The fraction of sp³-hybridized carbons (Fsp3) is 0.172. The first-order valence-corrected chi connectivity index (χ1v) is 21.1. The predicted octanol–water partition coefficient (Wildman–Crippen LogP) is 14.1. The number of hydrogen-bond donors (Lipinski definition) is 0. The van der Waals surface area contributed by atoms with Crippen LogP contribution in [0.25, 0.3) is 72.3 Å². The number of hydrogen-bond acceptors (Lipinski definition) is 2. The molecule has 0 saturated heterocycles. The predicted molar refractivity (Wildman–Crippen MR) is 258 cm³/mol. The third-order valence-corrected chi connectivity index (χ3v) is 11.6. The van der Waals surface area contributed by atoms with Gasteiger partial charge in [0.05, 0.1) is 23.6 Å². The van der Waals surface area contributed by atoms with E-state index >= 15 is 0 Å². The molecule has 0 bridgehead atoms. The van der Waals surface area contributed by atoms with Gasteiger partial charge >= 0.3 is 0 Å². The average Bonchev–Trinajstić information content (AvgIpc) is 3.88. The molecule has 5 nitrogen and oxygen atoms in total. The molecule has 0 aliphatic carbocycles. The Morgan fingerprint density at radius 3 is 2.08 bits per heavy atom. The van der Waals surface area contributed by atoms with Gasteiger partial charge in [0.2, 0.25) is 0 Å². The molecule has 0 amide bonds. The van der Waals surface area contributed by atoms with E-state index in [1.807, 2.05) is 111 Å². The zero-order valence-corrected chi connectivity index (χ0v) is 39.0. The van der Waals surface area contributed by atoms with Crippen LogP contribution >= 0.6 is 0 Å². The molecule has 0 spiro atoms. The quantitative estimate of drug-likeness (QED) is 0.112. The van der Waals surface area contributed by atoms with E-state index in [9.17, 15) is 2.74 Å². The van der Waals surface area contributed by atoms with Crippen molar-refractivity contribution in [3.05, 3.63) is 199 Å². The Morgan fingerprint density at radius 2 is 1.34 bits per heavy atom. The van der Waals surface area contributed by atoms with Gasteiger partial charge in [-0.25, -0.2) is 4.98 Å². The van der Waals surface area contributed by atoms with Gasteiger partial charge in [0.15, 0.2) is 0 Å². The first-order chi connectivity index (χ1) is 33.2. The van der Waals surface area contributed by atoms with Crippen molar-refractivity contribution in [1.82, 2.24) is 14.1 Å². The molecule has 0 radical (unpaired) electrons. The molecule has 10 rings (SSSR count). The second-order valence-electron chi connectivity index (χ2n) is 17.9. The van der Waals surface area contributed by atoms with Crippen molar-refractivity contribution >= 4 is 32.8 Å². The van der Waals surface area contributed by atoms with Crippen LogP contribution in [0.3, 0.4) is 0 Å². The van der Waals surface area contributed by atoms with Gasteiger partial charge in [0.25, 0.3) is 6.33 Å². The standard InChI is InChI=1S/C58H50N4O.Pt/c1-8-39-30-31-59-55(32-39)62-51-25-13-12-22-49(51)50-29-28-46(37-54(50)62)63-45-21-16-20-44(36-45)60-38-61(53-27-15-14-26-52(53)60)56-47(40-18-10-9-11-19-40)23-17-24-48(56)41-33-42(57(2,3)4)35-43(34-41)58(5,6)7;/h9-35H,8H2,1-7H3;/q-2;/i8D2,9D,10D,11D,18D,19D;. The van der Waals surface area contributed by atoms with Crippen LogP contribution in [0, 0.1) is 18.5 Å². The monoisotopic (exact) mass is 1020 g/mol. The molecule has 0 aliphatic rings. The minimum absolute atomic E-state index is 0. The van der Waals surface area contributed by atoms with Gasteiger partial charge in [0, 0.05) is 47.0 Å². The number of aromatic nitrogens is 4. The molecule has 64 heavy (non-hydrogen) atoms. The van der Waals surface area contributed by atoms with E-state index < -0.39 is 24.5 Å². The minimum atomic E-state index is -1.57. The van der Waals surface area contributed by atoms with Crippen molar-refractivity contribution in [1.29, 1.82) is 0 Å². The minimum Gasteiger partial charge on any atom is -0.510 e. The van der Waals surface area contributed by atoms with Crippen LogP contribution in [-0.4, -0.2) is 14.1 Å². The molecular weight excluding hydrogens is 964 g/mol. The number of pyridine rings is 1. The summed E-state index contributed by atoms with van der Waals surface area (Å²) in [6.07, 6.45) is 3.69. The zero-order chi connectivity index (χ0) is 49.6. The van der Waals surface area contributed by atoms with Crippen molar-refractivity contribution < 1.29 is 40.0 Å². The number of para-hydroxylation sites is 4. The number of rotatable bonds is 8. The molecule has 3 aromatic heterocycles. The van der Waals surface area contributed by atoms with Crippen LogP contribution in [0.15, 0.2) is 164 Å². The van der Waals surface area contributed by atoms with Gasteiger partial charge in [-0.2, -0.15) is 18.2 Å². The Morgan fingerprint density at radius 1 is 0.672 bits per heavy atom.